The molecular formula is C26H36IN3O3. The van der Waals surface area contributed by atoms with E-state index in [9.17, 15) is 9.90 Å². The predicted molar refractivity (Wildman–Crippen MR) is 137 cm³/mol. The molecule has 1 aromatic heterocycles. The molecule has 1 N–H and O–H groups in total. The Balaban J connectivity index is 1.21. The molecule has 0 saturated heterocycles. The highest BCUT2D eigenvalue weighted by Crippen LogP contribution is 2.73. The quantitative estimate of drug-likeness (QED) is 0.252. The second-order valence-corrected chi connectivity index (χ2v) is 12.1. The first kappa shape index (κ1) is 24.5. The summed E-state index contributed by atoms with van der Waals surface area (Å²) in [6, 6.07) is 10.3. The van der Waals surface area contributed by atoms with Gasteiger partial charge in [-0.15, -0.1) is 0 Å². The molecule has 1 amide bonds. The summed E-state index contributed by atoms with van der Waals surface area (Å²) in [5, 5.41) is 9.43. The Bertz CT molecular complexity index is 947. The number of benzene rings is 1. The molecule has 0 aliphatic heterocycles. The molecule has 2 bridgehead atoms. The van der Waals surface area contributed by atoms with Crippen molar-refractivity contribution in [3.05, 3.63) is 51.6 Å². The molecule has 33 heavy (non-hydrogen) atoms. The van der Waals surface area contributed by atoms with Crippen LogP contribution >= 0.6 is 22.6 Å². The number of hydrogen-bond acceptors (Lipinski definition) is 3. The van der Waals surface area contributed by atoms with Crippen LogP contribution in [0.1, 0.15) is 77.1 Å². The number of amides is 1. The lowest BCUT2D eigenvalue weighted by Crippen LogP contribution is -2.67. The number of unbranched alkanes of at least 4 members (excludes halogenated alkanes) is 2. The number of rotatable bonds is 11. The Labute approximate surface area is 210 Å². The van der Waals surface area contributed by atoms with Gasteiger partial charge in [0.25, 0.3) is 0 Å². The highest BCUT2D eigenvalue weighted by molar-refractivity contribution is 14.1. The zero-order valence-electron chi connectivity index (χ0n) is 20.0. The maximum atomic E-state index is 11.5. The van der Waals surface area contributed by atoms with E-state index in [1.807, 2.05) is 39.0 Å². The van der Waals surface area contributed by atoms with Crippen molar-refractivity contribution in [1.82, 2.24) is 14.5 Å². The average molecular weight is 565 g/mol. The highest BCUT2D eigenvalue weighted by atomic mass is 127. The van der Waals surface area contributed by atoms with Gasteiger partial charge in [-0.2, -0.15) is 0 Å². The minimum atomic E-state index is -0.817. The molecule has 5 rings (SSSR count). The first-order valence-electron chi connectivity index (χ1n) is 12.0. The van der Waals surface area contributed by atoms with Gasteiger partial charge in [0, 0.05) is 23.8 Å². The molecule has 0 radical (unpaired) electrons. The van der Waals surface area contributed by atoms with Crippen LogP contribution in [-0.4, -0.2) is 37.7 Å². The Kier molecular flexibility index (Phi) is 7.10. The van der Waals surface area contributed by atoms with E-state index < -0.39 is 6.09 Å². The van der Waals surface area contributed by atoms with Crippen LogP contribution in [0, 0.1) is 9.12 Å². The van der Waals surface area contributed by atoms with E-state index in [4.69, 9.17) is 9.72 Å². The third-order valence-corrected chi connectivity index (χ3v) is 7.86. The SMILES string of the molecule is CC(C)(C)N(CCCCCC12CC(n3cc(I)nc3COCc3ccccc3)(C1)C2)C(=O)O. The van der Waals surface area contributed by atoms with Gasteiger partial charge >= 0.3 is 6.09 Å². The lowest BCUT2D eigenvalue weighted by Gasteiger charge is -2.71. The summed E-state index contributed by atoms with van der Waals surface area (Å²) < 4.78 is 9.42. The van der Waals surface area contributed by atoms with E-state index in [1.54, 1.807) is 4.90 Å². The zero-order valence-corrected chi connectivity index (χ0v) is 22.2. The predicted octanol–water partition coefficient (Wildman–Crippen LogP) is 6.42. The van der Waals surface area contributed by atoms with Gasteiger partial charge in [0.2, 0.25) is 0 Å². The lowest BCUT2D eigenvalue weighted by atomic mass is 9.38. The topological polar surface area (TPSA) is 67.6 Å². The molecule has 6 nitrogen and oxygen atoms in total. The lowest BCUT2D eigenvalue weighted by molar-refractivity contribution is -0.194. The third kappa shape index (κ3) is 5.39. The van der Waals surface area contributed by atoms with Gasteiger partial charge in [-0.3, -0.25) is 0 Å². The summed E-state index contributed by atoms with van der Waals surface area (Å²) >= 11 is 2.30. The Hall–Kier alpha value is -1.61. The van der Waals surface area contributed by atoms with Crippen LogP contribution in [0.4, 0.5) is 4.79 Å². The second-order valence-electron chi connectivity index (χ2n) is 11.0. The Morgan fingerprint density at radius 1 is 1.15 bits per heavy atom. The largest absolute Gasteiger partial charge is 0.465 e. The molecule has 1 heterocycles. The molecule has 3 aliphatic rings. The monoisotopic (exact) mass is 565 g/mol. The van der Waals surface area contributed by atoms with E-state index in [-0.39, 0.29) is 11.1 Å². The summed E-state index contributed by atoms with van der Waals surface area (Å²) in [6.07, 6.45) is 9.55. The van der Waals surface area contributed by atoms with E-state index >= 15 is 0 Å². The number of carboxylic acid groups (broad SMARTS) is 1. The van der Waals surface area contributed by atoms with Gasteiger partial charge in [-0.25, -0.2) is 9.78 Å². The van der Waals surface area contributed by atoms with E-state index in [0.717, 1.165) is 22.4 Å². The molecule has 0 spiro atoms. The van der Waals surface area contributed by atoms with Crippen molar-refractivity contribution in [3.63, 3.8) is 0 Å². The highest BCUT2D eigenvalue weighted by Gasteiger charge is 2.68. The number of hydrogen-bond donors (Lipinski definition) is 1. The van der Waals surface area contributed by atoms with E-state index in [1.165, 1.54) is 37.7 Å². The van der Waals surface area contributed by atoms with Crippen LogP contribution in [0.5, 0.6) is 0 Å². The number of carbonyl (C=O) groups is 1. The maximum absolute atomic E-state index is 11.5. The number of ether oxygens (including phenoxy) is 1. The molecule has 0 unspecified atom stereocenters. The van der Waals surface area contributed by atoms with Crippen molar-refractivity contribution in [3.8, 4) is 0 Å². The van der Waals surface area contributed by atoms with Gasteiger partial charge < -0.3 is 19.3 Å². The summed E-state index contributed by atoms with van der Waals surface area (Å²) in [5.41, 5.74) is 1.59. The van der Waals surface area contributed by atoms with Gasteiger partial charge in [-0.1, -0.05) is 43.2 Å². The standard InChI is InChI=1S/C26H36IN3O3/c1-24(2,3)29(23(31)32)13-9-5-8-12-25-17-26(18-25,19-25)30-14-21(27)28-22(30)16-33-15-20-10-6-4-7-11-20/h4,6-7,10-11,14H,5,8-9,12-13,15-19H2,1-3H3,(H,31,32). The van der Waals surface area contributed by atoms with Crippen LogP contribution in [0.2, 0.25) is 0 Å². The smallest absolute Gasteiger partial charge is 0.407 e. The number of aromatic nitrogens is 2. The van der Waals surface area contributed by atoms with Crippen molar-refractivity contribution < 1.29 is 14.6 Å². The molecular weight excluding hydrogens is 529 g/mol. The molecule has 3 aliphatic carbocycles. The fourth-order valence-electron chi connectivity index (χ4n) is 5.86. The fourth-order valence-corrected chi connectivity index (χ4v) is 6.42. The normalized spacial score (nSPS) is 23.6. The average Bonchev–Trinajstić information content (AvgIpc) is 3.04. The first-order valence-corrected chi connectivity index (χ1v) is 13.1. The second kappa shape index (κ2) is 9.56. The minimum Gasteiger partial charge on any atom is -0.465 e. The van der Waals surface area contributed by atoms with Crippen LogP contribution in [0.25, 0.3) is 0 Å². The number of nitrogens with zero attached hydrogens (tertiary/aromatic N) is 3. The van der Waals surface area contributed by atoms with Crippen molar-refractivity contribution in [2.24, 2.45) is 5.41 Å². The minimum absolute atomic E-state index is 0.244. The maximum Gasteiger partial charge on any atom is 0.407 e. The van der Waals surface area contributed by atoms with Gasteiger partial charge in [0.1, 0.15) is 16.1 Å². The van der Waals surface area contributed by atoms with E-state index in [0.29, 0.717) is 25.2 Å². The molecule has 180 valence electrons. The van der Waals surface area contributed by atoms with Crippen LogP contribution in [0.15, 0.2) is 36.5 Å². The summed E-state index contributed by atoms with van der Waals surface area (Å²) in [4.78, 5) is 17.8. The number of halogens is 1. The van der Waals surface area contributed by atoms with Crippen LogP contribution in [-0.2, 0) is 23.5 Å². The molecule has 2 aromatic rings. The van der Waals surface area contributed by atoms with Crippen molar-refractivity contribution in [1.29, 1.82) is 0 Å². The number of imidazole rings is 1. The van der Waals surface area contributed by atoms with Gasteiger partial charge in [0.15, 0.2) is 0 Å². The Morgan fingerprint density at radius 3 is 2.48 bits per heavy atom. The van der Waals surface area contributed by atoms with Crippen LogP contribution in [0.3, 0.4) is 0 Å². The fraction of sp³-hybridized carbons (Fsp3) is 0.615. The van der Waals surface area contributed by atoms with Gasteiger partial charge in [0.05, 0.1) is 6.61 Å². The first-order chi connectivity index (χ1) is 15.6. The Morgan fingerprint density at radius 2 is 1.85 bits per heavy atom. The van der Waals surface area contributed by atoms with Crippen LogP contribution < -0.4 is 0 Å². The molecule has 7 heteroatoms. The molecule has 0 atom stereocenters. The third-order valence-electron chi connectivity index (χ3n) is 7.34. The summed E-state index contributed by atoms with van der Waals surface area (Å²) in [7, 11) is 0. The van der Waals surface area contributed by atoms with Crippen molar-refractivity contribution in [2.45, 2.75) is 90.0 Å². The van der Waals surface area contributed by atoms with Crippen molar-refractivity contribution in [2.75, 3.05) is 6.54 Å². The molecule has 3 fully saturated rings. The zero-order chi connectivity index (χ0) is 23.7. The summed E-state index contributed by atoms with van der Waals surface area (Å²) in [6.45, 7) is 7.65. The van der Waals surface area contributed by atoms with Crippen molar-refractivity contribution >= 4 is 28.7 Å². The van der Waals surface area contributed by atoms with E-state index in [2.05, 4.69) is 45.5 Å². The van der Waals surface area contributed by atoms with Gasteiger partial charge in [-0.05, 0) is 86.4 Å². The molecule has 3 saturated carbocycles. The summed E-state index contributed by atoms with van der Waals surface area (Å²) in [5.74, 6) is 1.04. The molecule has 1 aromatic carbocycles.